The van der Waals surface area contributed by atoms with Crippen LogP contribution in [0.5, 0.6) is 11.5 Å². The molecular formula is C14H9BrN4O2. The van der Waals surface area contributed by atoms with E-state index in [1.54, 1.807) is 6.20 Å². The first-order valence-electron chi connectivity index (χ1n) is 6.24. The Bertz CT molecular complexity index is 818. The van der Waals surface area contributed by atoms with Crippen LogP contribution < -0.4 is 9.47 Å². The van der Waals surface area contributed by atoms with Gasteiger partial charge in [0, 0.05) is 17.3 Å². The first-order chi connectivity index (χ1) is 10.3. The molecule has 0 saturated carbocycles. The zero-order valence-corrected chi connectivity index (χ0v) is 12.3. The van der Waals surface area contributed by atoms with Crippen LogP contribution >= 0.6 is 15.9 Å². The number of nitrogens with zero attached hydrogens (tertiary/aromatic N) is 3. The quantitative estimate of drug-likeness (QED) is 0.723. The molecule has 0 atom stereocenters. The summed E-state index contributed by atoms with van der Waals surface area (Å²) < 4.78 is 11.4. The van der Waals surface area contributed by atoms with Crippen LogP contribution in [0.2, 0.25) is 0 Å². The first kappa shape index (κ1) is 12.3. The Morgan fingerprint density at radius 3 is 2.86 bits per heavy atom. The van der Waals surface area contributed by atoms with Crippen LogP contribution in [0.1, 0.15) is 0 Å². The number of aromatic nitrogens is 4. The van der Waals surface area contributed by atoms with Gasteiger partial charge >= 0.3 is 0 Å². The molecule has 3 aromatic rings. The van der Waals surface area contributed by atoms with Crippen molar-refractivity contribution >= 4 is 15.9 Å². The predicted molar refractivity (Wildman–Crippen MR) is 78.9 cm³/mol. The standard InChI is InChI=1S/C14H9BrN4O2/c15-12-6-9(3-4-16-12)14-17-13(18-19-14)8-1-2-10-11(5-8)21-7-20-10/h1-6H,7H2,(H,17,18,19). The Balaban J connectivity index is 1.71. The molecule has 2 aromatic heterocycles. The van der Waals surface area contributed by atoms with Crippen LogP contribution in [0.25, 0.3) is 22.8 Å². The van der Waals surface area contributed by atoms with Crippen molar-refractivity contribution in [3.8, 4) is 34.3 Å². The van der Waals surface area contributed by atoms with Crippen molar-refractivity contribution in [2.75, 3.05) is 6.79 Å². The van der Waals surface area contributed by atoms with Gasteiger partial charge in [0.2, 0.25) is 6.79 Å². The van der Waals surface area contributed by atoms with Gasteiger partial charge in [-0.1, -0.05) is 0 Å². The van der Waals surface area contributed by atoms with Crippen molar-refractivity contribution in [1.29, 1.82) is 0 Å². The van der Waals surface area contributed by atoms with Gasteiger partial charge in [-0.25, -0.2) is 9.97 Å². The van der Waals surface area contributed by atoms with Crippen molar-refractivity contribution in [1.82, 2.24) is 20.2 Å². The summed E-state index contributed by atoms with van der Waals surface area (Å²) in [6.07, 6.45) is 1.71. The molecule has 0 unspecified atom stereocenters. The van der Waals surface area contributed by atoms with Gasteiger partial charge in [-0.3, -0.25) is 5.10 Å². The van der Waals surface area contributed by atoms with E-state index < -0.39 is 0 Å². The molecule has 1 aliphatic rings. The fourth-order valence-electron chi connectivity index (χ4n) is 2.11. The number of fused-ring (bicyclic) bond motifs is 1. The molecule has 7 heteroatoms. The average molecular weight is 345 g/mol. The molecule has 1 aliphatic heterocycles. The SMILES string of the molecule is Brc1cc(-c2nc(-c3ccc4c(c3)OCO4)n[nH]2)ccn1. The van der Waals surface area contributed by atoms with Gasteiger partial charge in [0.1, 0.15) is 4.60 Å². The molecular weight excluding hydrogens is 336 g/mol. The Morgan fingerprint density at radius 1 is 1.05 bits per heavy atom. The summed E-state index contributed by atoms with van der Waals surface area (Å²) >= 11 is 3.34. The Kier molecular flexibility index (Phi) is 2.85. The van der Waals surface area contributed by atoms with Gasteiger partial charge in [0.15, 0.2) is 23.1 Å². The number of hydrogen-bond acceptors (Lipinski definition) is 5. The predicted octanol–water partition coefficient (Wildman–Crippen LogP) is 3.02. The Hall–Kier alpha value is -2.41. The number of hydrogen-bond donors (Lipinski definition) is 1. The van der Waals surface area contributed by atoms with Crippen molar-refractivity contribution in [3.63, 3.8) is 0 Å². The summed E-state index contributed by atoms with van der Waals surface area (Å²) in [7, 11) is 0. The van der Waals surface area contributed by atoms with Crippen molar-refractivity contribution in [2.45, 2.75) is 0 Å². The van der Waals surface area contributed by atoms with Crippen molar-refractivity contribution in [3.05, 3.63) is 41.1 Å². The van der Waals surface area contributed by atoms with E-state index in [0.717, 1.165) is 21.5 Å². The second kappa shape index (κ2) is 4.85. The van der Waals surface area contributed by atoms with Crippen LogP contribution in [0.15, 0.2) is 41.1 Å². The molecule has 0 aliphatic carbocycles. The topological polar surface area (TPSA) is 72.9 Å². The lowest BCUT2D eigenvalue weighted by molar-refractivity contribution is 0.174. The van der Waals surface area contributed by atoms with Gasteiger partial charge in [0.25, 0.3) is 0 Å². The third-order valence-corrected chi connectivity index (χ3v) is 3.55. The summed E-state index contributed by atoms with van der Waals surface area (Å²) in [4.78, 5) is 8.60. The molecule has 104 valence electrons. The molecule has 0 fully saturated rings. The van der Waals surface area contributed by atoms with Crippen molar-refractivity contribution < 1.29 is 9.47 Å². The van der Waals surface area contributed by atoms with E-state index in [0.29, 0.717) is 17.4 Å². The van der Waals surface area contributed by atoms with E-state index in [1.807, 2.05) is 30.3 Å². The molecule has 21 heavy (non-hydrogen) atoms. The highest BCUT2D eigenvalue weighted by molar-refractivity contribution is 9.10. The Morgan fingerprint density at radius 2 is 1.95 bits per heavy atom. The third kappa shape index (κ3) is 2.25. The summed E-state index contributed by atoms with van der Waals surface area (Å²) in [6, 6.07) is 9.38. The lowest BCUT2D eigenvalue weighted by Gasteiger charge is -1.98. The van der Waals surface area contributed by atoms with Crippen LogP contribution in [0, 0.1) is 0 Å². The molecule has 0 amide bonds. The normalized spacial score (nSPS) is 12.6. The second-order valence-corrected chi connectivity index (χ2v) is 5.26. The van der Waals surface area contributed by atoms with E-state index in [9.17, 15) is 0 Å². The monoisotopic (exact) mass is 344 g/mol. The molecule has 1 aromatic carbocycles. The van der Waals surface area contributed by atoms with Gasteiger partial charge in [0.05, 0.1) is 0 Å². The summed E-state index contributed by atoms with van der Waals surface area (Å²) in [5, 5.41) is 7.18. The smallest absolute Gasteiger partial charge is 0.231 e. The molecule has 0 radical (unpaired) electrons. The van der Waals surface area contributed by atoms with E-state index in [2.05, 4.69) is 36.1 Å². The molecule has 0 bridgehead atoms. The highest BCUT2D eigenvalue weighted by Gasteiger charge is 2.16. The van der Waals surface area contributed by atoms with Crippen LogP contribution in [0.4, 0.5) is 0 Å². The molecule has 6 nitrogen and oxygen atoms in total. The van der Waals surface area contributed by atoms with Crippen molar-refractivity contribution in [2.24, 2.45) is 0 Å². The third-order valence-electron chi connectivity index (χ3n) is 3.12. The highest BCUT2D eigenvalue weighted by atomic mass is 79.9. The molecule has 3 heterocycles. The fourth-order valence-corrected chi connectivity index (χ4v) is 2.47. The maximum absolute atomic E-state index is 5.37. The molecule has 1 N–H and O–H groups in total. The fraction of sp³-hybridized carbons (Fsp3) is 0.0714. The first-order valence-corrected chi connectivity index (χ1v) is 7.03. The van der Waals surface area contributed by atoms with E-state index in [4.69, 9.17) is 9.47 Å². The summed E-state index contributed by atoms with van der Waals surface area (Å²) in [5.74, 6) is 2.75. The Labute approximate surface area is 128 Å². The number of benzene rings is 1. The zero-order valence-electron chi connectivity index (χ0n) is 10.7. The van der Waals surface area contributed by atoms with E-state index in [1.165, 1.54) is 0 Å². The van der Waals surface area contributed by atoms with Gasteiger partial charge in [-0.2, -0.15) is 5.10 Å². The lowest BCUT2D eigenvalue weighted by atomic mass is 10.2. The zero-order chi connectivity index (χ0) is 14.2. The number of rotatable bonds is 2. The van der Waals surface area contributed by atoms with Crippen LogP contribution in [-0.2, 0) is 0 Å². The number of ether oxygens (including phenoxy) is 2. The minimum absolute atomic E-state index is 0.253. The summed E-state index contributed by atoms with van der Waals surface area (Å²) in [5.41, 5.74) is 1.78. The maximum atomic E-state index is 5.37. The van der Waals surface area contributed by atoms with Crippen LogP contribution in [0.3, 0.4) is 0 Å². The number of nitrogens with one attached hydrogen (secondary N) is 1. The summed E-state index contributed by atoms with van der Waals surface area (Å²) in [6.45, 7) is 0.253. The number of H-pyrrole nitrogens is 1. The van der Waals surface area contributed by atoms with Gasteiger partial charge in [-0.05, 0) is 46.3 Å². The van der Waals surface area contributed by atoms with Gasteiger partial charge in [-0.15, -0.1) is 0 Å². The van der Waals surface area contributed by atoms with E-state index in [-0.39, 0.29) is 6.79 Å². The van der Waals surface area contributed by atoms with Crippen LogP contribution in [-0.4, -0.2) is 27.0 Å². The molecule has 4 rings (SSSR count). The second-order valence-electron chi connectivity index (χ2n) is 4.44. The lowest BCUT2D eigenvalue weighted by Crippen LogP contribution is -1.92. The largest absolute Gasteiger partial charge is 0.454 e. The average Bonchev–Trinajstić information content (AvgIpc) is 3.15. The minimum Gasteiger partial charge on any atom is -0.454 e. The maximum Gasteiger partial charge on any atom is 0.231 e. The number of aromatic amines is 1. The van der Waals surface area contributed by atoms with Gasteiger partial charge < -0.3 is 9.47 Å². The highest BCUT2D eigenvalue weighted by Crippen LogP contribution is 2.35. The molecule has 0 saturated heterocycles. The number of halogens is 1. The molecule has 0 spiro atoms. The number of pyridine rings is 1. The van der Waals surface area contributed by atoms with E-state index >= 15 is 0 Å². The minimum atomic E-state index is 0.253.